The summed E-state index contributed by atoms with van der Waals surface area (Å²) < 4.78 is 7.65. The second-order valence-electron chi connectivity index (χ2n) is 5.22. The molecule has 0 radical (unpaired) electrons. The smallest absolute Gasteiger partial charge is 0.119 e. The largest absolute Gasteiger partial charge is 0.492 e. The quantitative estimate of drug-likeness (QED) is 0.788. The Balaban J connectivity index is 1.66. The maximum Gasteiger partial charge on any atom is 0.119 e. The SMILES string of the molecule is Cc1cccc(OCCNCc2ccn(C(C)C)n2)c1. The fourth-order valence-electron chi connectivity index (χ4n) is 1.92. The van der Waals surface area contributed by atoms with Gasteiger partial charge in [0, 0.05) is 25.3 Å². The molecule has 1 aromatic carbocycles. The van der Waals surface area contributed by atoms with Gasteiger partial charge in [-0.1, -0.05) is 12.1 Å². The Morgan fingerprint density at radius 2 is 2.15 bits per heavy atom. The van der Waals surface area contributed by atoms with Gasteiger partial charge in [-0.25, -0.2) is 0 Å². The van der Waals surface area contributed by atoms with E-state index in [1.807, 2.05) is 29.1 Å². The first-order valence-corrected chi connectivity index (χ1v) is 7.09. The van der Waals surface area contributed by atoms with Gasteiger partial charge in [-0.15, -0.1) is 0 Å². The summed E-state index contributed by atoms with van der Waals surface area (Å²) in [6.45, 7) is 8.56. The number of aryl methyl sites for hydroxylation is 1. The molecule has 2 aromatic rings. The number of ether oxygens (including phenoxy) is 1. The number of hydrogen-bond donors (Lipinski definition) is 1. The summed E-state index contributed by atoms with van der Waals surface area (Å²) in [6.07, 6.45) is 2.02. The molecule has 1 aromatic heterocycles. The van der Waals surface area contributed by atoms with Crippen molar-refractivity contribution in [3.63, 3.8) is 0 Å². The molecular formula is C16H23N3O. The Bertz CT molecular complexity index is 534. The van der Waals surface area contributed by atoms with Crippen molar-refractivity contribution in [2.75, 3.05) is 13.2 Å². The van der Waals surface area contributed by atoms with Crippen LogP contribution in [0.2, 0.25) is 0 Å². The zero-order chi connectivity index (χ0) is 14.4. The monoisotopic (exact) mass is 273 g/mol. The highest BCUT2D eigenvalue weighted by Crippen LogP contribution is 2.11. The molecule has 0 aliphatic carbocycles. The van der Waals surface area contributed by atoms with Gasteiger partial charge in [0.15, 0.2) is 0 Å². The average molecular weight is 273 g/mol. The van der Waals surface area contributed by atoms with Crippen molar-refractivity contribution >= 4 is 0 Å². The summed E-state index contributed by atoms with van der Waals surface area (Å²) in [5.41, 5.74) is 2.28. The first kappa shape index (κ1) is 14.6. The van der Waals surface area contributed by atoms with E-state index in [-0.39, 0.29) is 0 Å². The Morgan fingerprint density at radius 3 is 2.85 bits per heavy atom. The standard InChI is InChI=1S/C16H23N3O/c1-13(2)19-9-7-15(18-19)12-17-8-10-20-16-6-4-5-14(3)11-16/h4-7,9,11,13,17H,8,10,12H2,1-3H3. The number of hydrogen-bond acceptors (Lipinski definition) is 3. The molecular weight excluding hydrogens is 250 g/mol. The number of rotatable bonds is 7. The second kappa shape index (κ2) is 7.10. The van der Waals surface area contributed by atoms with Crippen molar-refractivity contribution < 1.29 is 4.74 Å². The topological polar surface area (TPSA) is 39.1 Å². The van der Waals surface area contributed by atoms with Crippen molar-refractivity contribution in [2.24, 2.45) is 0 Å². The Morgan fingerprint density at radius 1 is 1.30 bits per heavy atom. The van der Waals surface area contributed by atoms with Crippen LogP contribution in [0.25, 0.3) is 0 Å². The molecule has 20 heavy (non-hydrogen) atoms. The van der Waals surface area contributed by atoms with Crippen LogP contribution in [0.3, 0.4) is 0 Å². The van der Waals surface area contributed by atoms with Gasteiger partial charge < -0.3 is 10.1 Å². The molecule has 0 aliphatic heterocycles. The van der Waals surface area contributed by atoms with Crippen LogP contribution >= 0.6 is 0 Å². The van der Waals surface area contributed by atoms with E-state index >= 15 is 0 Å². The molecule has 2 rings (SSSR count). The van der Waals surface area contributed by atoms with Crippen LogP contribution in [-0.2, 0) is 6.54 Å². The lowest BCUT2D eigenvalue weighted by molar-refractivity contribution is 0.313. The minimum absolute atomic E-state index is 0.411. The van der Waals surface area contributed by atoms with Crippen LogP contribution in [0, 0.1) is 6.92 Å². The van der Waals surface area contributed by atoms with E-state index in [4.69, 9.17) is 4.74 Å². The zero-order valence-corrected chi connectivity index (χ0v) is 12.5. The number of nitrogens with one attached hydrogen (secondary N) is 1. The van der Waals surface area contributed by atoms with Gasteiger partial charge in [0.25, 0.3) is 0 Å². The number of aromatic nitrogens is 2. The normalized spacial score (nSPS) is 11.0. The van der Waals surface area contributed by atoms with Crippen LogP contribution < -0.4 is 10.1 Å². The van der Waals surface area contributed by atoms with Gasteiger partial charge in [0.2, 0.25) is 0 Å². The van der Waals surface area contributed by atoms with Crippen LogP contribution in [0.15, 0.2) is 36.5 Å². The van der Waals surface area contributed by atoms with Crippen LogP contribution in [-0.4, -0.2) is 22.9 Å². The van der Waals surface area contributed by atoms with Crippen LogP contribution in [0.5, 0.6) is 5.75 Å². The predicted molar refractivity (Wildman–Crippen MR) is 81.0 cm³/mol. The molecule has 0 atom stereocenters. The fraction of sp³-hybridized carbons (Fsp3) is 0.438. The summed E-state index contributed by atoms with van der Waals surface area (Å²) in [5.74, 6) is 0.927. The van der Waals surface area contributed by atoms with Crippen LogP contribution in [0.4, 0.5) is 0 Å². The van der Waals surface area contributed by atoms with Crippen molar-refractivity contribution in [1.82, 2.24) is 15.1 Å². The molecule has 108 valence electrons. The molecule has 1 N–H and O–H groups in total. The molecule has 0 unspecified atom stereocenters. The molecule has 0 amide bonds. The fourth-order valence-corrected chi connectivity index (χ4v) is 1.92. The van der Waals surface area contributed by atoms with Crippen LogP contribution in [0.1, 0.15) is 31.1 Å². The maximum atomic E-state index is 5.68. The van der Waals surface area contributed by atoms with Gasteiger partial charge in [-0.05, 0) is 44.5 Å². The van der Waals surface area contributed by atoms with Gasteiger partial charge in [0.05, 0.1) is 5.69 Å². The average Bonchev–Trinajstić information content (AvgIpc) is 2.87. The first-order valence-electron chi connectivity index (χ1n) is 7.09. The predicted octanol–water partition coefficient (Wildman–Crippen LogP) is 2.94. The molecule has 0 saturated heterocycles. The molecule has 0 fully saturated rings. The van der Waals surface area contributed by atoms with E-state index in [0.29, 0.717) is 12.6 Å². The third kappa shape index (κ3) is 4.38. The minimum atomic E-state index is 0.411. The number of nitrogens with zero attached hydrogens (tertiary/aromatic N) is 2. The molecule has 4 nitrogen and oxygen atoms in total. The van der Waals surface area contributed by atoms with E-state index in [0.717, 1.165) is 24.5 Å². The van der Waals surface area contributed by atoms with E-state index in [1.54, 1.807) is 0 Å². The maximum absolute atomic E-state index is 5.68. The van der Waals surface area contributed by atoms with Crippen molar-refractivity contribution in [1.29, 1.82) is 0 Å². The summed E-state index contributed by atoms with van der Waals surface area (Å²) in [5, 5.41) is 7.83. The first-order chi connectivity index (χ1) is 9.65. The van der Waals surface area contributed by atoms with Crippen molar-refractivity contribution in [3.8, 4) is 5.75 Å². The zero-order valence-electron chi connectivity index (χ0n) is 12.5. The van der Waals surface area contributed by atoms with Gasteiger partial charge in [-0.2, -0.15) is 5.10 Å². The lowest BCUT2D eigenvalue weighted by Gasteiger charge is -2.07. The van der Waals surface area contributed by atoms with E-state index in [9.17, 15) is 0 Å². The third-order valence-corrected chi connectivity index (χ3v) is 3.04. The lowest BCUT2D eigenvalue weighted by Crippen LogP contribution is -2.21. The summed E-state index contributed by atoms with van der Waals surface area (Å²) in [4.78, 5) is 0. The van der Waals surface area contributed by atoms with Gasteiger partial charge >= 0.3 is 0 Å². The molecule has 1 heterocycles. The highest BCUT2D eigenvalue weighted by Gasteiger charge is 2.01. The molecule has 4 heteroatoms. The summed E-state index contributed by atoms with van der Waals surface area (Å²) in [6, 6.07) is 10.6. The minimum Gasteiger partial charge on any atom is -0.492 e. The molecule has 0 aliphatic rings. The Labute approximate surface area is 120 Å². The summed E-state index contributed by atoms with van der Waals surface area (Å²) in [7, 11) is 0. The molecule has 0 saturated carbocycles. The van der Waals surface area contributed by atoms with E-state index in [1.165, 1.54) is 5.56 Å². The van der Waals surface area contributed by atoms with E-state index in [2.05, 4.69) is 43.3 Å². The Hall–Kier alpha value is -1.81. The second-order valence-corrected chi connectivity index (χ2v) is 5.22. The molecule has 0 spiro atoms. The van der Waals surface area contributed by atoms with E-state index < -0.39 is 0 Å². The molecule has 0 bridgehead atoms. The van der Waals surface area contributed by atoms with Gasteiger partial charge in [0.1, 0.15) is 12.4 Å². The Kier molecular flexibility index (Phi) is 5.18. The lowest BCUT2D eigenvalue weighted by atomic mass is 10.2. The number of benzene rings is 1. The van der Waals surface area contributed by atoms with Gasteiger partial charge in [-0.3, -0.25) is 4.68 Å². The highest BCUT2D eigenvalue weighted by molar-refractivity contribution is 5.27. The van der Waals surface area contributed by atoms with Crippen molar-refractivity contribution in [3.05, 3.63) is 47.8 Å². The summed E-state index contributed by atoms with van der Waals surface area (Å²) >= 11 is 0. The third-order valence-electron chi connectivity index (χ3n) is 3.04. The van der Waals surface area contributed by atoms with Crippen molar-refractivity contribution in [2.45, 2.75) is 33.4 Å². The highest BCUT2D eigenvalue weighted by atomic mass is 16.5.